The summed E-state index contributed by atoms with van der Waals surface area (Å²) < 4.78 is 35.1. The molecule has 0 atom stereocenters. The van der Waals surface area contributed by atoms with E-state index in [9.17, 15) is 23.5 Å². The number of amides is 1. The summed E-state index contributed by atoms with van der Waals surface area (Å²) in [7, 11) is 1.44. The van der Waals surface area contributed by atoms with Gasteiger partial charge in [-0.15, -0.1) is 0 Å². The number of aliphatic hydroxyl groups excluding tert-OH is 1. The number of aryl methyl sites for hydroxylation is 1. The van der Waals surface area contributed by atoms with Gasteiger partial charge in [0.2, 0.25) is 5.95 Å². The van der Waals surface area contributed by atoms with Crippen molar-refractivity contribution in [3.05, 3.63) is 88.3 Å². The highest BCUT2D eigenvalue weighted by Crippen LogP contribution is 2.29. The molecule has 1 amide bonds. The van der Waals surface area contributed by atoms with Crippen LogP contribution in [0.4, 0.5) is 30.9 Å². The van der Waals surface area contributed by atoms with Gasteiger partial charge in [0.1, 0.15) is 29.6 Å². The van der Waals surface area contributed by atoms with Crippen molar-refractivity contribution in [1.82, 2.24) is 14.5 Å². The van der Waals surface area contributed by atoms with E-state index in [-0.39, 0.29) is 36.2 Å². The van der Waals surface area contributed by atoms with E-state index in [0.29, 0.717) is 17.0 Å². The minimum Gasteiger partial charge on any atom is -0.444 e. The number of benzene rings is 2. The van der Waals surface area contributed by atoms with E-state index in [2.05, 4.69) is 15.3 Å². The number of nitrogens with one attached hydrogen (secondary N) is 1. The molecule has 37 heavy (non-hydrogen) atoms. The number of hydrogen-bond acceptors (Lipinski definition) is 7. The Labute approximate surface area is 211 Å². The maximum absolute atomic E-state index is 14.8. The quantitative estimate of drug-likeness (QED) is 0.383. The molecule has 192 valence electrons. The monoisotopic (exact) mass is 509 g/mol. The maximum Gasteiger partial charge on any atom is 0.419 e. The molecule has 0 saturated carbocycles. The normalized spacial score (nSPS) is 11.4. The molecule has 0 aliphatic rings. The van der Waals surface area contributed by atoms with Crippen LogP contribution in [0.25, 0.3) is 11.0 Å². The van der Waals surface area contributed by atoms with Crippen LogP contribution in [-0.4, -0.2) is 37.9 Å². The highest BCUT2D eigenvalue weighted by molar-refractivity contribution is 5.97. The number of carbonyl (C=O) groups is 1. The van der Waals surface area contributed by atoms with E-state index in [0.717, 1.165) is 17.0 Å². The van der Waals surface area contributed by atoms with Crippen molar-refractivity contribution in [2.24, 2.45) is 7.05 Å². The first-order chi connectivity index (χ1) is 17.6. The van der Waals surface area contributed by atoms with Crippen LogP contribution in [0.2, 0.25) is 0 Å². The topological polar surface area (TPSA) is 110 Å². The van der Waals surface area contributed by atoms with Crippen LogP contribution in [0, 0.1) is 11.6 Å². The van der Waals surface area contributed by atoms with E-state index < -0.39 is 28.8 Å². The Morgan fingerprint density at radius 2 is 1.86 bits per heavy atom. The van der Waals surface area contributed by atoms with Gasteiger partial charge in [0.15, 0.2) is 0 Å². The number of hydrogen-bond donors (Lipinski definition) is 2. The Kier molecular flexibility index (Phi) is 7.16. The summed E-state index contributed by atoms with van der Waals surface area (Å²) in [6.45, 7) is 3.18. The summed E-state index contributed by atoms with van der Waals surface area (Å²) in [5.74, 6) is -1.72. The molecule has 2 N–H and O–H groups in total. The molecule has 0 radical (unpaired) electrons. The zero-order valence-corrected chi connectivity index (χ0v) is 20.4. The number of aliphatic hydroxyl groups is 1. The first-order valence-electron chi connectivity index (χ1n) is 11.3. The SMILES string of the molecule is Cn1c(=O)c(N(C(=O)OCc2ccccc2)c2ccc(F)cc2F)cc2cnc(NC(C)(C)CO)nc21. The summed E-state index contributed by atoms with van der Waals surface area (Å²) >= 11 is 0. The predicted molar refractivity (Wildman–Crippen MR) is 135 cm³/mol. The molecule has 0 spiro atoms. The van der Waals surface area contributed by atoms with E-state index in [4.69, 9.17) is 4.74 Å². The van der Waals surface area contributed by atoms with Gasteiger partial charge < -0.3 is 15.2 Å². The number of ether oxygens (including phenoxy) is 1. The number of anilines is 3. The molecule has 2 heterocycles. The molecule has 0 bridgehead atoms. The molecule has 9 nitrogen and oxygen atoms in total. The van der Waals surface area contributed by atoms with Crippen LogP contribution in [-0.2, 0) is 18.4 Å². The van der Waals surface area contributed by atoms with Gasteiger partial charge in [-0.2, -0.15) is 4.98 Å². The lowest BCUT2D eigenvalue weighted by Gasteiger charge is -2.24. The summed E-state index contributed by atoms with van der Waals surface area (Å²) in [5.41, 5.74) is -1.08. The molecule has 0 unspecified atom stereocenters. The van der Waals surface area contributed by atoms with Gasteiger partial charge in [-0.1, -0.05) is 30.3 Å². The van der Waals surface area contributed by atoms with Gasteiger partial charge in [-0.05, 0) is 37.6 Å². The van der Waals surface area contributed by atoms with Gasteiger partial charge in [0.05, 0.1) is 17.8 Å². The number of fused-ring (bicyclic) bond motifs is 1. The highest BCUT2D eigenvalue weighted by atomic mass is 19.1. The Morgan fingerprint density at radius 1 is 1.14 bits per heavy atom. The second kappa shape index (κ2) is 10.3. The Hall–Kier alpha value is -4.38. The van der Waals surface area contributed by atoms with E-state index in [1.165, 1.54) is 23.9 Å². The molecule has 0 aliphatic heterocycles. The van der Waals surface area contributed by atoms with Gasteiger partial charge in [-0.3, -0.25) is 9.36 Å². The first-order valence-corrected chi connectivity index (χ1v) is 11.3. The molecule has 4 aromatic rings. The Balaban J connectivity index is 1.80. The molecule has 0 aliphatic carbocycles. The van der Waals surface area contributed by atoms with Crippen LogP contribution < -0.4 is 15.8 Å². The summed E-state index contributed by atoms with van der Waals surface area (Å²) in [6.07, 6.45) is 0.393. The van der Waals surface area contributed by atoms with Gasteiger partial charge in [0.25, 0.3) is 5.56 Å². The third-order valence-electron chi connectivity index (χ3n) is 5.55. The largest absolute Gasteiger partial charge is 0.444 e. The van der Waals surface area contributed by atoms with Crippen LogP contribution in [0.5, 0.6) is 0 Å². The third-order valence-corrected chi connectivity index (χ3v) is 5.55. The number of aromatic nitrogens is 3. The highest BCUT2D eigenvalue weighted by Gasteiger charge is 2.27. The smallest absolute Gasteiger partial charge is 0.419 e. The van der Waals surface area contributed by atoms with Crippen molar-refractivity contribution >= 4 is 34.4 Å². The Morgan fingerprint density at radius 3 is 2.54 bits per heavy atom. The minimum atomic E-state index is -1.05. The van der Waals surface area contributed by atoms with Gasteiger partial charge in [-0.25, -0.2) is 23.5 Å². The number of nitrogens with zero attached hydrogens (tertiary/aromatic N) is 4. The second-order valence-corrected chi connectivity index (χ2v) is 9.00. The summed E-state index contributed by atoms with van der Waals surface area (Å²) in [5, 5.41) is 12.8. The molecule has 0 fully saturated rings. The summed E-state index contributed by atoms with van der Waals surface area (Å²) in [4.78, 5) is 36.0. The second-order valence-electron chi connectivity index (χ2n) is 9.00. The number of halogens is 2. The molecular formula is C26H25F2N5O4. The van der Waals surface area contributed by atoms with Gasteiger partial charge >= 0.3 is 6.09 Å². The number of rotatable bonds is 7. The lowest BCUT2D eigenvalue weighted by atomic mass is 10.1. The lowest BCUT2D eigenvalue weighted by Crippen LogP contribution is -2.36. The molecule has 4 rings (SSSR count). The fourth-order valence-corrected chi connectivity index (χ4v) is 3.57. The fourth-order valence-electron chi connectivity index (χ4n) is 3.57. The maximum atomic E-state index is 14.8. The van der Waals surface area contributed by atoms with Crippen LogP contribution in [0.15, 0.2) is 65.6 Å². The Bertz CT molecular complexity index is 1510. The van der Waals surface area contributed by atoms with Gasteiger partial charge in [0, 0.05) is 24.7 Å². The molecule has 2 aromatic carbocycles. The van der Waals surface area contributed by atoms with Crippen molar-refractivity contribution in [2.45, 2.75) is 26.0 Å². The first kappa shape index (κ1) is 25.7. The molecular weight excluding hydrogens is 484 g/mol. The van der Waals surface area contributed by atoms with Crippen LogP contribution in [0.3, 0.4) is 0 Å². The fraction of sp³-hybridized carbons (Fsp3) is 0.231. The van der Waals surface area contributed by atoms with Crippen LogP contribution >= 0.6 is 0 Å². The molecule has 0 saturated heterocycles. The zero-order chi connectivity index (χ0) is 26.7. The van der Waals surface area contributed by atoms with Crippen molar-refractivity contribution in [1.29, 1.82) is 0 Å². The van der Waals surface area contributed by atoms with E-state index >= 15 is 0 Å². The predicted octanol–water partition coefficient (Wildman–Crippen LogP) is 4.26. The minimum absolute atomic E-state index is 0.133. The van der Waals surface area contributed by atoms with Crippen molar-refractivity contribution in [3.63, 3.8) is 0 Å². The van der Waals surface area contributed by atoms with E-state index in [1.54, 1.807) is 44.2 Å². The summed E-state index contributed by atoms with van der Waals surface area (Å²) in [6, 6.07) is 12.8. The molecule has 11 heteroatoms. The van der Waals surface area contributed by atoms with Crippen molar-refractivity contribution in [2.75, 3.05) is 16.8 Å². The van der Waals surface area contributed by atoms with Crippen molar-refractivity contribution < 1.29 is 23.4 Å². The lowest BCUT2D eigenvalue weighted by molar-refractivity contribution is 0.149. The zero-order valence-electron chi connectivity index (χ0n) is 20.4. The number of carbonyl (C=O) groups excluding carboxylic acids is 1. The average Bonchev–Trinajstić information content (AvgIpc) is 2.87. The molecule has 2 aromatic heterocycles. The number of pyridine rings is 1. The average molecular weight is 510 g/mol. The van der Waals surface area contributed by atoms with Crippen LogP contribution in [0.1, 0.15) is 19.4 Å². The van der Waals surface area contributed by atoms with E-state index in [1.807, 2.05) is 0 Å². The standard InChI is InChI=1S/C26H25F2N5O4/c1-26(2,15-34)31-24-29-13-17-11-21(23(35)32(3)22(17)30-24)33(20-10-9-18(27)12-19(20)28)25(36)37-14-16-7-5-4-6-8-16/h4-13,34H,14-15H2,1-3H3,(H,29,30,31). The third kappa shape index (κ3) is 5.56. The van der Waals surface area contributed by atoms with Crippen molar-refractivity contribution in [3.8, 4) is 0 Å².